The minimum Gasteiger partial charge on any atom is -0.395 e. The molecule has 19 heavy (non-hydrogen) atoms. The Morgan fingerprint density at radius 2 is 2.16 bits per heavy atom. The zero-order valence-corrected chi connectivity index (χ0v) is 11.2. The molecule has 1 saturated heterocycles. The molecule has 0 amide bonds. The van der Waals surface area contributed by atoms with Crippen molar-refractivity contribution in [3.63, 3.8) is 0 Å². The molecule has 1 atom stereocenters. The average Bonchev–Trinajstić information content (AvgIpc) is 2.88. The van der Waals surface area contributed by atoms with Gasteiger partial charge in [0.15, 0.2) is 0 Å². The molecule has 1 N–H and O–H groups in total. The highest BCUT2D eigenvalue weighted by atomic mass is 19.3. The number of hydrogen-bond donors (Lipinski definition) is 1. The lowest BCUT2D eigenvalue weighted by Gasteiger charge is -2.21. The Morgan fingerprint density at radius 3 is 2.79 bits per heavy atom. The molecule has 1 unspecified atom stereocenters. The second-order valence-corrected chi connectivity index (χ2v) is 5.24. The zero-order chi connectivity index (χ0) is 13.9. The molecule has 4 nitrogen and oxygen atoms in total. The van der Waals surface area contributed by atoms with Crippen LogP contribution in [0.25, 0.3) is 0 Å². The molecule has 1 aromatic heterocycles. The molecule has 0 aromatic carbocycles. The summed E-state index contributed by atoms with van der Waals surface area (Å²) in [5.41, 5.74) is 0. The summed E-state index contributed by atoms with van der Waals surface area (Å²) in [6.07, 6.45) is 5.25. The van der Waals surface area contributed by atoms with Crippen LogP contribution in [0.5, 0.6) is 0 Å². The zero-order valence-electron chi connectivity index (χ0n) is 11.2. The van der Waals surface area contributed by atoms with E-state index in [0.29, 0.717) is 6.54 Å². The molecule has 0 aliphatic carbocycles. The van der Waals surface area contributed by atoms with Crippen molar-refractivity contribution in [3.05, 3.63) is 18.2 Å². The first-order chi connectivity index (χ1) is 9.02. The Morgan fingerprint density at radius 1 is 1.42 bits per heavy atom. The van der Waals surface area contributed by atoms with Gasteiger partial charge in [0, 0.05) is 31.4 Å². The van der Waals surface area contributed by atoms with Crippen LogP contribution in [-0.2, 0) is 6.54 Å². The van der Waals surface area contributed by atoms with Crippen LogP contribution in [0, 0.1) is 6.92 Å². The van der Waals surface area contributed by atoms with Crippen LogP contribution in [0.3, 0.4) is 0 Å². The predicted octanol–water partition coefficient (Wildman–Crippen LogP) is 1.67. The number of likely N-dealkylation sites (tertiary alicyclic amines) is 1. The van der Waals surface area contributed by atoms with E-state index in [0.717, 1.165) is 25.2 Å². The highest BCUT2D eigenvalue weighted by Crippen LogP contribution is 2.31. The molecule has 6 heteroatoms. The number of aryl methyl sites for hydroxylation is 2. The van der Waals surface area contributed by atoms with Crippen LogP contribution in [0.1, 0.15) is 25.1 Å². The van der Waals surface area contributed by atoms with Crippen molar-refractivity contribution >= 4 is 0 Å². The van der Waals surface area contributed by atoms with Gasteiger partial charge < -0.3 is 9.67 Å². The molecule has 1 aliphatic rings. The van der Waals surface area contributed by atoms with E-state index >= 15 is 0 Å². The van der Waals surface area contributed by atoms with E-state index in [1.54, 1.807) is 11.1 Å². The van der Waals surface area contributed by atoms with Gasteiger partial charge in [-0.2, -0.15) is 0 Å². The Balaban J connectivity index is 1.72. The van der Waals surface area contributed by atoms with Gasteiger partial charge in [-0.1, -0.05) is 0 Å². The third kappa shape index (κ3) is 3.73. The summed E-state index contributed by atoms with van der Waals surface area (Å²) in [7, 11) is 0. The van der Waals surface area contributed by atoms with Gasteiger partial charge in [-0.3, -0.25) is 4.90 Å². The van der Waals surface area contributed by atoms with Crippen LogP contribution >= 0.6 is 0 Å². The quantitative estimate of drug-likeness (QED) is 0.802. The number of halogens is 2. The molecule has 0 radical (unpaired) electrons. The number of alkyl halides is 2. The Labute approximate surface area is 112 Å². The van der Waals surface area contributed by atoms with E-state index in [-0.39, 0.29) is 25.6 Å². The summed E-state index contributed by atoms with van der Waals surface area (Å²) in [6, 6.07) is -0.384. The number of imidazole rings is 1. The van der Waals surface area contributed by atoms with Gasteiger partial charge in [-0.15, -0.1) is 0 Å². The van der Waals surface area contributed by atoms with E-state index in [1.165, 1.54) is 0 Å². The largest absolute Gasteiger partial charge is 0.395 e. The number of aromatic nitrogens is 2. The van der Waals surface area contributed by atoms with Crippen molar-refractivity contribution in [2.45, 2.75) is 44.7 Å². The highest BCUT2D eigenvalue weighted by molar-refractivity contribution is 4.90. The maximum Gasteiger partial charge on any atom is 0.262 e. The number of nitrogens with zero attached hydrogens (tertiary/aromatic N) is 3. The standard InChI is InChI=1S/C13H21F2N3O/c1-11-16-4-7-17(11)5-2-3-6-18-10-13(14,15)8-12(18)9-19/h4,7,12,19H,2-3,5-6,8-10H2,1H3. The smallest absolute Gasteiger partial charge is 0.262 e. The minimum atomic E-state index is -2.64. The van der Waals surface area contributed by atoms with Crippen LogP contribution < -0.4 is 0 Å². The maximum absolute atomic E-state index is 13.3. The van der Waals surface area contributed by atoms with Crippen molar-refractivity contribution in [3.8, 4) is 0 Å². The van der Waals surface area contributed by atoms with Crippen molar-refractivity contribution in [1.82, 2.24) is 14.5 Å². The summed E-state index contributed by atoms with van der Waals surface area (Å²) >= 11 is 0. The molecular weight excluding hydrogens is 252 g/mol. The minimum absolute atomic E-state index is 0.184. The van der Waals surface area contributed by atoms with Gasteiger partial charge in [0.2, 0.25) is 0 Å². The molecule has 0 bridgehead atoms. The van der Waals surface area contributed by atoms with Gasteiger partial charge in [0.25, 0.3) is 5.92 Å². The third-order valence-electron chi connectivity index (χ3n) is 3.71. The van der Waals surface area contributed by atoms with E-state index in [2.05, 4.69) is 9.55 Å². The lowest BCUT2D eigenvalue weighted by molar-refractivity contribution is 0.0116. The highest BCUT2D eigenvalue weighted by Gasteiger charge is 2.44. The fourth-order valence-corrected chi connectivity index (χ4v) is 2.64. The normalized spacial score (nSPS) is 23.1. The first-order valence-corrected chi connectivity index (χ1v) is 6.72. The maximum atomic E-state index is 13.3. The molecule has 1 aromatic rings. The van der Waals surface area contributed by atoms with E-state index in [4.69, 9.17) is 5.11 Å². The summed E-state index contributed by atoms with van der Waals surface area (Å²) in [5, 5.41) is 9.12. The number of rotatable bonds is 6. The lowest BCUT2D eigenvalue weighted by atomic mass is 10.2. The Bertz CT molecular complexity index is 408. The molecule has 1 aliphatic heterocycles. The van der Waals surface area contributed by atoms with Gasteiger partial charge >= 0.3 is 0 Å². The molecule has 2 rings (SSSR count). The second kappa shape index (κ2) is 5.96. The summed E-state index contributed by atoms with van der Waals surface area (Å²) < 4.78 is 28.6. The van der Waals surface area contributed by atoms with Crippen LogP contribution in [-0.4, -0.2) is 51.2 Å². The number of aliphatic hydroxyl groups is 1. The van der Waals surface area contributed by atoms with Gasteiger partial charge in [-0.05, 0) is 26.3 Å². The fourth-order valence-electron chi connectivity index (χ4n) is 2.64. The molecule has 2 heterocycles. The average molecular weight is 273 g/mol. The first-order valence-electron chi connectivity index (χ1n) is 6.72. The monoisotopic (exact) mass is 273 g/mol. The Kier molecular flexibility index (Phi) is 4.52. The second-order valence-electron chi connectivity index (χ2n) is 5.24. The fraction of sp³-hybridized carbons (Fsp3) is 0.769. The Hall–Kier alpha value is -1.01. The molecule has 1 fully saturated rings. The number of unbranched alkanes of at least 4 members (excludes halogenated alkanes) is 1. The van der Waals surface area contributed by atoms with E-state index in [1.807, 2.05) is 13.1 Å². The van der Waals surface area contributed by atoms with Crippen LogP contribution in [0.2, 0.25) is 0 Å². The number of aliphatic hydroxyl groups excluding tert-OH is 1. The molecule has 108 valence electrons. The first kappa shape index (κ1) is 14.4. The van der Waals surface area contributed by atoms with E-state index < -0.39 is 5.92 Å². The van der Waals surface area contributed by atoms with E-state index in [9.17, 15) is 8.78 Å². The molecule has 0 saturated carbocycles. The van der Waals surface area contributed by atoms with Crippen LogP contribution in [0.15, 0.2) is 12.4 Å². The molecular formula is C13H21F2N3O. The summed E-state index contributed by atoms with van der Waals surface area (Å²) in [6.45, 7) is 3.02. The van der Waals surface area contributed by atoms with Crippen LogP contribution in [0.4, 0.5) is 8.78 Å². The van der Waals surface area contributed by atoms with Crippen molar-refractivity contribution in [2.24, 2.45) is 0 Å². The lowest BCUT2D eigenvalue weighted by Crippen LogP contribution is -2.33. The van der Waals surface area contributed by atoms with Gasteiger partial charge in [0.1, 0.15) is 5.82 Å². The van der Waals surface area contributed by atoms with Gasteiger partial charge in [-0.25, -0.2) is 13.8 Å². The van der Waals surface area contributed by atoms with Gasteiger partial charge in [0.05, 0.1) is 13.2 Å². The summed E-state index contributed by atoms with van der Waals surface area (Å²) in [5.74, 6) is -1.67. The van der Waals surface area contributed by atoms with Crippen molar-refractivity contribution in [1.29, 1.82) is 0 Å². The molecule has 0 spiro atoms. The van der Waals surface area contributed by atoms with Crippen molar-refractivity contribution in [2.75, 3.05) is 19.7 Å². The summed E-state index contributed by atoms with van der Waals surface area (Å²) in [4.78, 5) is 5.85. The topological polar surface area (TPSA) is 41.3 Å². The van der Waals surface area contributed by atoms with Crippen molar-refractivity contribution < 1.29 is 13.9 Å². The third-order valence-corrected chi connectivity index (χ3v) is 3.71. The SMILES string of the molecule is Cc1nccn1CCCCN1CC(F)(F)CC1CO. The number of hydrogen-bond acceptors (Lipinski definition) is 3. The predicted molar refractivity (Wildman–Crippen MR) is 68.2 cm³/mol.